The Morgan fingerprint density at radius 2 is 2.17 bits per heavy atom. The summed E-state index contributed by atoms with van der Waals surface area (Å²) in [6, 6.07) is 11.1. The fourth-order valence-corrected chi connectivity index (χ4v) is 4.26. The average Bonchev–Trinajstić information content (AvgIpc) is 2.93. The van der Waals surface area contributed by atoms with Crippen molar-refractivity contribution >= 4 is 35.9 Å². The number of pyridine rings is 1. The number of aromatic nitrogens is 1. The fraction of sp³-hybridized carbons (Fsp3) is 0.304. The number of aryl methyl sites for hydroxylation is 1. The molecule has 0 unspecified atom stereocenters. The summed E-state index contributed by atoms with van der Waals surface area (Å²) in [6.45, 7) is 3.53. The third kappa shape index (κ3) is 4.31. The molecule has 1 radical (unpaired) electrons. The smallest absolute Gasteiger partial charge is 0.293 e. The largest absolute Gasteiger partial charge is 0.384 e. The van der Waals surface area contributed by atoms with Crippen molar-refractivity contribution in [2.24, 2.45) is 0 Å². The molecule has 5 nitrogen and oxygen atoms in total. The summed E-state index contributed by atoms with van der Waals surface area (Å²) in [4.78, 5) is 17.2. The molecule has 0 aliphatic carbocycles. The van der Waals surface area contributed by atoms with Crippen LogP contribution in [0.5, 0.6) is 0 Å². The van der Waals surface area contributed by atoms with E-state index < -0.39 is 0 Å². The van der Waals surface area contributed by atoms with Crippen LogP contribution in [0.1, 0.15) is 24.8 Å². The highest BCUT2D eigenvalue weighted by molar-refractivity contribution is 6.64. The Balaban J connectivity index is 1.77. The molecule has 0 bridgehead atoms. The lowest BCUT2D eigenvalue weighted by Crippen LogP contribution is -2.38. The van der Waals surface area contributed by atoms with E-state index in [1.54, 1.807) is 19.7 Å². The number of nitrogens with two attached hydrogens (primary N) is 1. The molecule has 1 saturated heterocycles. The van der Waals surface area contributed by atoms with E-state index in [-0.39, 0.29) is 11.9 Å². The molecule has 1 atom stereocenters. The standard InChI is InChI=1S/C23H25BFN4O/c1-15-5-4-7-20(25)23(15)16-9-17-12-27-22(26)11-19(17)21(10-16)28-18-6-2-3-8-29(13-18)24-14-30/h4-5,7,9-12,14,18,28H,2-3,6,8,13H2,1H3,(H2,26,27)/t18-/m1/s1. The van der Waals surface area contributed by atoms with Crippen molar-refractivity contribution in [1.82, 2.24) is 9.79 Å². The van der Waals surface area contributed by atoms with Gasteiger partial charge in [0, 0.05) is 40.8 Å². The van der Waals surface area contributed by atoms with Crippen LogP contribution in [0.2, 0.25) is 0 Å². The second-order valence-electron chi connectivity index (χ2n) is 7.90. The van der Waals surface area contributed by atoms with Gasteiger partial charge >= 0.3 is 0 Å². The van der Waals surface area contributed by atoms with Crippen LogP contribution in [-0.4, -0.2) is 42.5 Å². The predicted molar refractivity (Wildman–Crippen MR) is 122 cm³/mol. The van der Waals surface area contributed by atoms with Crippen LogP contribution in [0.4, 0.5) is 15.9 Å². The Morgan fingerprint density at radius 3 is 2.97 bits per heavy atom. The lowest BCUT2D eigenvalue weighted by Gasteiger charge is -2.25. The first-order valence-electron chi connectivity index (χ1n) is 10.3. The maximum absolute atomic E-state index is 14.7. The molecule has 1 aromatic heterocycles. The van der Waals surface area contributed by atoms with Gasteiger partial charge in [-0.1, -0.05) is 18.6 Å². The highest BCUT2D eigenvalue weighted by atomic mass is 19.1. The zero-order valence-electron chi connectivity index (χ0n) is 17.1. The summed E-state index contributed by atoms with van der Waals surface area (Å²) < 4.78 is 14.7. The average molecular weight is 403 g/mol. The van der Waals surface area contributed by atoms with Crippen LogP contribution in [0.3, 0.4) is 0 Å². The summed E-state index contributed by atoms with van der Waals surface area (Å²) in [5, 5.41) is 5.50. The van der Waals surface area contributed by atoms with Crippen molar-refractivity contribution in [2.45, 2.75) is 32.2 Å². The first-order chi connectivity index (χ1) is 14.5. The van der Waals surface area contributed by atoms with Crippen LogP contribution >= 0.6 is 0 Å². The first-order valence-corrected chi connectivity index (χ1v) is 10.3. The molecule has 0 spiro atoms. The van der Waals surface area contributed by atoms with Crippen molar-refractivity contribution in [3.8, 4) is 11.1 Å². The maximum Gasteiger partial charge on any atom is 0.293 e. The van der Waals surface area contributed by atoms with Gasteiger partial charge in [0.05, 0.1) is 6.19 Å². The zero-order valence-corrected chi connectivity index (χ0v) is 17.1. The number of benzene rings is 2. The number of fused-ring (bicyclic) bond motifs is 1. The Kier molecular flexibility index (Phi) is 5.99. The van der Waals surface area contributed by atoms with Crippen molar-refractivity contribution < 1.29 is 9.18 Å². The van der Waals surface area contributed by atoms with Crippen LogP contribution in [0, 0.1) is 12.7 Å². The van der Waals surface area contributed by atoms with E-state index >= 15 is 0 Å². The second kappa shape index (κ2) is 8.84. The van der Waals surface area contributed by atoms with Gasteiger partial charge in [-0.05, 0) is 61.7 Å². The zero-order chi connectivity index (χ0) is 21.1. The number of hydrogen-bond donors (Lipinski definition) is 2. The summed E-state index contributed by atoms with van der Waals surface area (Å²) in [5.41, 5.74) is 9.14. The van der Waals surface area contributed by atoms with Gasteiger partial charge < -0.3 is 20.7 Å². The van der Waals surface area contributed by atoms with E-state index in [4.69, 9.17) is 5.73 Å². The molecule has 153 valence electrons. The molecular weight excluding hydrogens is 378 g/mol. The van der Waals surface area contributed by atoms with Gasteiger partial charge in [0.25, 0.3) is 7.41 Å². The summed E-state index contributed by atoms with van der Waals surface area (Å²) in [7, 11) is 1.61. The molecule has 7 heteroatoms. The van der Waals surface area contributed by atoms with E-state index in [2.05, 4.69) is 15.1 Å². The number of halogens is 1. The minimum Gasteiger partial charge on any atom is -0.384 e. The Morgan fingerprint density at radius 1 is 1.30 bits per heavy atom. The molecule has 1 fully saturated rings. The van der Waals surface area contributed by atoms with Crippen molar-refractivity contribution in [3.05, 3.63) is 54.0 Å². The molecule has 3 aromatic rings. The third-order valence-corrected chi connectivity index (χ3v) is 5.70. The predicted octanol–water partition coefficient (Wildman–Crippen LogP) is 4.01. The van der Waals surface area contributed by atoms with Crippen molar-refractivity contribution in [3.63, 3.8) is 0 Å². The summed E-state index contributed by atoms with van der Waals surface area (Å²) in [5.74, 6) is 0.196. The number of nitrogens with one attached hydrogen (secondary N) is 1. The van der Waals surface area contributed by atoms with Gasteiger partial charge in [-0.25, -0.2) is 9.37 Å². The molecule has 4 rings (SSSR count). The monoisotopic (exact) mass is 403 g/mol. The Hall–Kier alpha value is -2.93. The molecule has 2 heterocycles. The van der Waals surface area contributed by atoms with Crippen LogP contribution in [-0.2, 0) is 4.79 Å². The van der Waals surface area contributed by atoms with E-state index in [9.17, 15) is 9.18 Å². The molecular formula is C23H25BFN4O. The van der Waals surface area contributed by atoms with Crippen LogP contribution in [0.15, 0.2) is 42.6 Å². The van der Waals surface area contributed by atoms with Crippen LogP contribution in [0.25, 0.3) is 21.9 Å². The van der Waals surface area contributed by atoms with Gasteiger partial charge in [0.15, 0.2) is 0 Å². The summed E-state index contributed by atoms with van der Waals surface area (Å²) >= 11 is 0. The van der Waals surface area contributed by atoms with Crippen molar-refractivity contribution in [1.29, 1.82) is 0 Å². The Bertz CT molecular complexity index is 1050. The Labute approximate surface area is 176 Å². The van der Waals surface area contributed by atoms with E-state index in [0.717, 1.165) is 66.1 Å². The number of carbonyl (C=O) groups excluding carboxylic acids is 1. The molecule has 2 aromatic carbocycles. The van der Waals surface area contributed by atoms with Crippen LogP contribution < -0.4 is 11.1 Å². The van der Waals surface area contributed by atoms with Gasteiger partial charge in [-0.2, -0.15) is 0 Å². The minimum absolute atomic E-state index is 0.165. The number of hydrogen-bond acceptors (Lipinski definition) is 5. The van der Waals surface area contributed by atoms with E-state index in [1.807, 2.05) is 31.2 Å². The number of rotatable bonds is 5. The van der Waals surface area contributed by atoms with E-state index in [0.29, 0.717) is 11.4 Å². The highest BCUT2D eigenvalue weighted by Gasteiger charge is 2.20. The van der Waals surface area contributed by atoms with Gasteiger partial charge in [0.1, 0.15) is 11.6 Å². The molecule has 0 saturated carbocycles. The summed E-state index contributed by atoms with van der Waals surface area (Å²) in [6.07, 6.45) is 5.69. The van der Waals surface area contributed by atoms with Gasteiger partial charge in [-0.15, -0.1) is 0 Å². The normalized spacial score (nSPS) is 17.5. The molecule has 30 heavy (non-hydrogen) atoms. The SMILES string of the molecule is Cc1cccc(F)c1-c1cc(N[C@@H]2CCCCN([B]C=O)C2)c2cc(N)ncc2c1. The van der Waals surface area contributed by atoms with Crippen molar-refractivity contribution in [2.75, 3.05) is 24.1 Å². The quantitative estimate of drug-likeness (QED) is 0.498. The lowest BCUT2D eigenvalue weighted by molar-refractivity contribution is 0.447. The first kappa shape index (κ1) is 20.4. The number of nitrogens with zero attached hydrogens (tertiary/aromatic N) is 2. The molecule has 1 aliphatic rings. The maximum atomic E-state index is 14.7. The molecule has 3 N–H and O–H groups in total. The lowest BCUT2D eigenvalue weighted by atomic mass is 9.93. The van der Waals surface area contributed by atoms with Gasteiger partial charge in [-0.3, -0.25) is 0 Å². The second-order valence-corrected chi connectivity index (χ2v) is 7.90. The van der Waals surface area contributed by atoms with E-state index in [1.165, 1.54) is 6.07 Å². The number of nitrogen functional groups attached to an aromatic ring is 1. The third-order valence-electron chi connectivity index (χ3n) is 5.70. The minimum atomic E-state index is -0.245. The van der Waals surface area contributed by atoms with Gasteiger partial charge in [0.2, 0.25) is 0 Å². The fourth-order valence-electron chi connectivity index (χ4n) is 4.26. The number of anilines is 2. The topological polar surface area (TPSA) is 71.2 Å². The molecule has 1 aliphatic heterocycles. The molecule has 0 amide bonds. The number of carbonyl (C=O) groups is 1. The highest BCUT2D eigenvalue weighted by Crippen LogP contribution is 2.35.